The molecule has 4 heterocycles. The van der Waals surface area contributed by atoms with Gasteiger partial charge in [-0.25, -0.2) is 0 Å². The summed E-state index contributed by atoms with van der Waals surface area (Å²) in [6, 6.07) is 5.42. The van der Waals surface area contributed by atoms with Gasteiger partial charge in [-0.2, -0.15) is 0 Å². The number of likely N-dealkylation sites (tertiary alicyclic amines) is 1. The van der Waals surface area contributed by atoms with Gasteiger partial charge in [-0.15, -0.1) is 0 Å². The van der Waals surface area contributed by atoms with E-state index < -0.39 is 6.04 Å². The van der Waals surface area contributed by atoms with Crippen LogP contribution in [0.4, 0.5) is 0 Å². The van der Waals surface area contributed by atoms with Crippen molar-refractivity contribution in [3.05, 3.63) is 34.9 Å². The number of fused-ring (bicyclic) bond motifs is 2. The van der Waals surface area contributed by atoms with E-state index in [0.717, 1.165) is 50.4 Å². The van der Waals surface area contributed by atoms with Crippen molar-refractivity contribution >= 4 is 17.7 Å². The molecule has 8 nitrogen and oxygen atoms in total. The molecule has 5 rings (SSSR count). The first-order valence-electron chi connectivity index (χ1n) is 10.3. The quantitative estimate of drug-likeness (QED) is 0.695. The second-order valence-corrected chi connectivity index (χ2v) is 8.82. The Morgan fingerprint density at radius 3 is 2.93 bits per heavy atom. The minimum atomic E-state index is -0.574. The minimum absolute atomic E-state index is 0.130. The molecule has 3 fully saturated rings. The second-order valence-electron chi connectivity index (χ2n) is 8.82. The molecule has 3 N–H and O–H groups in total. The third-order valence-corrected chi connectivity index (χ3v) is 6.84. The Kier molecular flexibility index (Phi) is 4.45. The number of nitrogens with two attached hydrogens (primary N) is 1. The fourth-order valence-corrected chi connectivity index (χ4v) is 5.17. The number of rotatable bonds is 3. The lowest BCUT2D eigenvalue weighted by molar-refractivity contribution is -0.136. The van der Waals surface area contributed by atoms with Crippen LogP contribution in [0.2, 0.25) is 0 Å². The first-order chi connectivity index (χ1) is 13.9. The van der Waals surface area contributed by atoms with Gasteiger partial charge < -0.3 is 15.4 Å². The highest BCUT2D eigenvalue weighted by molar-refractivity contribution is 6.05. The summed E-state index contributed by atoms with van der Waals surface area (Å²) in [6.07, 6.45) is 1.54. The molecule has 3 saturated heterocycles. The van der Waals surface area contributed by atoms with Crippen LogP contribution < -0.4 is 11.1 Å². The molecule has 29 heavy (non-hydrogen) atoms. The molecule has 8 heteroatoms. The van der Waals surface area contributed by atoms with Crippen molar-refractivity contribution in [1.29, 1.82) is 0 Å². The number of benzene rings is 1. The number of carbonyl (C=O) groups is 3. The zero-order valence-corrected chi connectivity index (χ0v) is 16.4. The lowest BCUT2D eigenvalue weighted by Gasteiger charge is -2.34. The minimum Gasteiger partial charge on any atom is -0.381 e. The largest absolute Gasteiger partial charge is 0.381 e. The Hall–Kier alpha value is -2.29. The van der Waals surface area contributed by atoms with Crippen molar-refractivity contribution < 1.29 is 19.1 Å². The molecule has 3 atom stereocenters. The Morgan fingerprint density at radius 1 is 1.28 bits per heavy atom. The van der Waals surface area contributed by atoms with Crippen LogP contribution in [0.15, 0.2) is 18.2 Å². The van der Waals surface area contributed by atoms with Crippen LogP contribution in [0, 0.1) is 5.92 Å². The van der Waals surface area contributed by atoms with Gasteiger partial charge in [-0.1, -0.05) is 12.1 Å². The molecule has 0 bridgehead atoms. The molecule has 0 radical (unpaired) electrons. The van der Waals surface area contributed by atoms with Crippen molar-refractivity contribution in [3.8, 4) is 0 Å². The number of piperidine rings is 1. The van der Waals surface area contributed by atoms with Crippen molar-refractivity contribution in [2.75, 3.05) is 26.3 Å². The van der Waals surface area contributed by atoms with E-state index in [4.69, 9.17) is 10.5 Å². The molecule has 154 valence electrons. The van der Waals surface area contributed by atoms with E-state index in [9.17, 15) is 14.4 Å². The van der Waals surface area contributed by atoms with E-state index in [2.05, 4.69) is 16.3 Å². The number of nitrogens with zero attached hydrogens (tertiary/aromatic N) is 2. The fraction of sp³-hybridized carbons (Fsp3) is 0.571. The Labute approximate surface area is 169 Å². The second kappa shape index (κ2) is 6.90. The van der Waals surface area contributed by atoms with Gasteiger partial charge in [0.05, 0.1) is 6.61 Å². The maximum absolute atomic E-state index is 13.0. The van der Waals surface area contributed by atoms with Crippen LogP contribution in [0.5, 0.6) is 0 Å². The Morgan fingerprint density at radius 2 is 2.14 bits per heavy atom. The number of imide groups is 1. The average molecular weight is 398 g/mol. The van der Waals surface area contributed by atoms with E-state index in [-0.39, 0.29) is 29.7 Å². The first kappa shape index (κ1) is 18.7. The molecule has 3 amide bonds. The first-order valence-corrected chi connectivity index (χ1v) is 10.3. The molecular weight excluding hydrogens is 372 g/mol. The van der Waals surface area contributed by atoms with Gasteiger partial charge in [0.2, 0.25) is 11.8 Å². The molecule has 1 unspecified atom stereocenters. The summed E-state index contributed by atoms with van der Waals surface area (Å²) < 4.78 is 5.60. The van der Waals surface area contributed by atoms with Gasteiger partial charge in [0, 0.05) is 56.2 Å². The third-order valence-electron chi connectivity index (χ3n) is 6.84. The van der Waals surface area contributed by atoms with Gasteiger partial charge in [-0.3, -0.25) is 24.6 Å². The molecule has 0 aliphatic carbocycles. The van der Waals surface area contributed by atoms with E-state index in [0.29, 0.717) is 24.4 Å². The number of nitrogens with one attached hydrogen (secondary N) is 1. The zero-order valence-electron chi connectivity index (χ0n) is 16.4. The van der Waals surface area contributed by atoms with Crippen molar-refractivity contribution in [3.63, 3.8) is 0 Å². The van der Waals surface area contributed by atoms with Crippen molar-refractivity contribution in [2.24, 2.45) is 11.7 Å². The van der Waals surface area contributed by atoms with Crippen LogP contribution in [-0.2, 0) is 27.4 Å². The normalized spacial score (nSPS) is 32.3. The van der Waals surface area contributed by atoms with Gasteiger partial charge >= 0.3 is 0 Å². The summed E-state index contributed by atoms with van der Waals surface area (Å²) in [4.78, 5) is 40.5. The summed E-state index contributed by atoms with van der Waals surface area (Å²) in [5, 5.41) is 2.34. The van der Waals surface area contributed by atoms with Gasteiger partial charge in [-0.05, 0) is 30.0 Å². The van der Waals surface area contributed by atoms with E-state index in [1.54, 1.807) is 4.90 Å². The molecule has 1 aromatic rings. The molecule has 1 aromatic carbocycles. The van der Waals surface area contributed by atoms with Crippen molar-refractivity contribution in [2.45, 2.75) is 43.9 Å². The van der Waals surface area contributed by atoms with E-state index >= 15 is 0 Å². The van der Waals surface area contributed by atoms with Crippen LogP contribution in [0.3, 0.4) is 0 Å². The van der Waals surface area contributed by atoms with Crippen LogP contribution >= 0.6 is 0 Å². The number of carbonyl (C=O) groups excluding carboxylic acids is 3. The summed E-state index contributed by atoms with van der Waals surface area (Å²) in [7, 11) is 0. The average Bonchev–Trinajstić information content (AvgIpc) is 3.18. The number of hydrogen-bond donors (Lipinski definition) is 2. The van der Waals surface area contributed by atoms with Crippen LogP contribution in [0.1, 0.15) is 40.7 Å². The van der Waals surface area contributed by atoms with Gasteiger partial charge in [0.25, 0.3) is 5.91 Å². The van der Waals surface area contributed by atoms with Gasteiger partial charge in [0.1, 0.15) is 6.04 Å². The van der Waals surface area contributed by atoms with Crippen LogP contribution in [-0.4, -0.2) is 65.4 Å². The predicted octanol–water partition coefficient (Wildman–Crippen LogP) is -0.00280. The monoisotopic (exact) mass is 398 g/mol. The third kappa shape index (κ3) is 3.25. The summed E-state index contributed by atoms with van der Waals surface area (Å²) >= 11 is 0. The summed E-state index contributed by atoms with van der Waals surface area (Å²) in [6.45, 7) is 4.35. The topological polar surface area (TPSA) is 105 Å². The number of amides is 3. The number of hydrogen-bond acceptors (Lipinski definition) is 6. The highest BCUT2D eigenvalue weighted by Crippen LogP contribution is 2.34. The molecular formula is C21H26N4O4. The van der Waals surface area contributed by atoms with Gasteiger partial charge in [0.15, 0.2) is 0 Å². The standard InChI is InChI=1S/C21H26N4O4/c22-21-5-6-29-11-15(21)10-24(12-21)8-13-1-2-14-9-25(20(28)16(14)7-13)17-3-4-18(26)23-19(17)27/h1-2,7,15,17H,3-6,8-12,22H2,(H,23,26,27)/t15-,17?,21+/m0/s1. The predicted molar refractivity (Wildman–Crippen MR) is 104 cm³/mol. The highest BCUT2D eigenvalue weighted by Gasteiger charge is 2.45. The fourth-order valence-electron chi connectivity index (χ4n) is 5.17. The Balaban J connectivity index is 1.29. The SMILES string of the molecule is N[C@@]12CCOC[C@@H]1CN(Cc1ccc3c(c1)C(=O)N(C1CCC(=O)NC1=O)C3)C2. The lowest BCUT2D eigenvalue weighted by atomic mass is 9.84. The smallest absolute Gasteiger partial charge is 0.255 e. The zero-order chi connectivity index (χ0) is 20.2. The molecule has 0 saturated carbocycles. The molecule has 0 spiro atoms. The summed E-state index contributed by atoms with van der Waals surface area (Å²) in [5.74, 6) is -0.421. The maximum Gasteiger partial charge on any atom is 0.255 e. The maximum atomic E-state index is 13.0. The Bertz CT molecular complexity index is 887. The van der Waals surface area contributed by atoms with Crippen molar-refractivity contribution in [1.82, 2.24) is 15.1 Å². The van der Waals surface area contributed by atoms with E-state index in [1.165, 1.54) is 0 Å². The number of ether oxygens (including phenoxy) is 1. The lowest BCUT2D eigenvalue weighted by Crippen LogP contribution is -2.52. The van der Waals surface area contributed by atoms with Crippen LogP contribution in [0.25, 0.3) is 0 Å². The molecule has 4 aliphatic heterocycles. The highest BCUT2D eigenvalue weighted by atomic mass is 16.5. The molecule has 0 aromatic heterocycles. The molecule has 4 aliphatic rings. The van der Waals surface area contributed by atoms with E-state index in [1.807, 2.05) is 12.1 Å². The summed E-state index contributed by atoms with van der Waals surface area (Å²) in [5.41, 5.74) is 9.10.